The zero-order valence-corrected chi connectivity index (χ0v) is 21.8. The van der Waals surface area contributed by atoms with Crippen LogP contribution in [0.15, 0.2) is 28.0 Å². The standard InChI is InChI=1S/C23H34N6O3.HI/c1-17-7-8-18(20(14-17)32-19-9-13-31-16-19)15-26-22(24-2)25-10-5-12-29-23(30)28-11-4-3-6-21(28)27-29;/h7-8,14,19H,3-6,9-13,15-16H2,1-2H3,(H2,24,25,26);1H. The highest BCUT2D eigenvalue weighted by atomic mass is 127. The highest BCUT2D eigenvalue weighted by molar-refractivity contribution is 14.0. The quantitative estimate of drug-likeness (QED) is 0.219. The molecule has 2 aromatic rings. The Morgan fingerprint density at radius 2 is 2.21 bits per heavy atom. The number of aryl methyl sites for hydroxylation is 3. The molecule has 2 N–H and O–H groups in total. The number of ether oxygens (including phenoxy) is 2. The Morgan fingerprint density at radius 3 is 2.97 bits per heavy atom. The van der Waals surface area contributed by atoms with Gasteiger partial charge in [-0.05, 0) is 37.8 Å². The summed E-state index contributed by atoms with van der Waals surface area (Å²) in [5, 5.41) is 11.2. The summed E-state index contributed by atoms with van der Waals surface area (Å²) in [5.41, 5.74) is 2.27. The van der Waals surface area contributed by atoms with Gasteiger partial charge >= 0.3 is 5.69 Å². The van der Waals surface area contributed by atoms with Gasteiger partial charge < -0.3 is 20.1 Å². The van der Waals surface area contributed by atoms with Crippen molar-refractivity contribution in [3.8, 4) is 5.75 Å². The van der Waals surface area contributed by atoms with Crippen molar-refractivity contribution in [2.75, 3.05) is 26.8 Å². The first kappa shape index (κ1) is 25.5. The second-order valence-electron chi connectivity index (χ2n) is 8.45. The fourth-order valence-electron chi connectivity index (χ4n) is 4.13. The third kappa shape index (κ3) is 6.72. The Kier molecular flexibility index (Phi) is 9.60. The Bertz CT molecular complexity index is 997. The molecular formula is C23H35IN6O3. The highest BCUT2D eigenvalue weighted by Crippen LogP contribution is 2.23. The number of fused-ring (bicyclic) bond motifs is 1. The van der Waals surface area contributed by atoms with Crippen LogP contribution in [0.4, 0.5) is 0 Å². The molecule has 0 spiro atoms. The molecule has 0 amide bonds. The van der Waals surface area contributed by atoms with Crippen molar-refractivity contribution in [3.63, 3.8) is 0 Å². The van der Waals surface area contributed by atoms with E-state index in [1.54, 1.807) is 11.7 Å². The molecule has 0 radical (unpaired) electrons. The van der Waals surface area contributed by atoms with Crippen LogP contribution in [0.1, 0.15) is 42.6 Å². The summed E-state index contributed by atoms with van der Waals surface area (Å²) in [4.78, 5) is 16.7. The van der Waals surface area contributed by atoms with Gasteiger partial charge in [0.25, 0.3) is 0 Å². The van der Waals surface area contributed by atoms with E-state index in [0.717, 1.165) is 68.4 Å². The lowest BCUT2D eigenvalue weighted by atomic mass is 10.1. The Balaban J connectivity index is 0.00000306. The number of aliphatic imine (C=N–C) groups is 1. The van der Waals surface area contributed by atoms with E-state index in [2.05, 4.69) is 45.8 Å². The summed E-state index contributed by atoms with van der Waals surface area (Å²) in [5.74, 6) is 2.54. The average molecular weight is 570 g/mol. The van der Waals surface area contributed by atoms with E-state index in [1.807, 2.05) is 4.57 Å². The van der Waals surface area contributed by atoms with Gasteiger partial charge in [-0.25, -0.2) is 9.48 Å². The number of nitrogens with zero attached hydrogens (tertiary/aromatic N) is 4. The normalized spacial score (nSPS) is 17.9. The van der Waals surface area contributed by atoms with E-state index in [9.17, 15) is 4.79 Å². The van der Waals surface area contributed by atoms with Gasteiger partial charge in [-0.2, -0.15) is 5.10 Å². The van der Waals surface area contributed by atoms with Crippen LogP contribution < -0.4 is 21.1 Å². The van der Waals surface area contributed by atoms with Crippen LogP contribution >= 0.6 is 24.0 Å². The molecule has 1 aromatic heterocycles. The minimum Gasteiger partial charge on any atom is -0.488 e. The second-order valence-corrected chi connectivity index (χ2v) is 8.45. The van der Waals surface area contributed by atoms with Gasteiger partial charge in [0.05, 0.1) is 13.2 Å². The van der Waals surface area contributed by atoms with Crippen LogP contribution in [0, 0.1) is 6.92 Å². The van der Waals surface area contributed by atoms with Crippen LogP contribution in [-0.2, 0) is 30.8 Å². The molecule has 1 saturated heterocycles. The van der Waals surface area contributed by atoms with Gasteiger partial charge in [0.15, 0.2) is 5.96 Å². The van der Waals surface area contributed by atoms with E-state index in [-0.39, 0.29) is 35.8 Å². The van der Waals surface area contributed by atoms with Crippen LogP contribution in [-0.4, -0.2) is 53.2 Å². The number of nitrogens with one attached hydrogen (secondary N) is 2. The van der Waals surface area contributed by atoms with Gasteiger partial charge in [-0.3, -0.25) is 9.56 Å². The minimum atomic E-state index is 0. The number of hydrogen-bond donors (Lipinski definition) is 2. The SMILES string of the molecule is CN=C(NCCCn1nc2n(c1=O)CCCC2)NCc1ccc(C)cc1OC1CCOC1.I. The lowest BCUT2D eigenvalue weighted by Crippen LogP contribution is -2.38. The fourth-order valence-corrected chi connectivity index (χ4v) is 4.13. The molecule has 9 nitrogen and oxygen atoms in total. The van der Waals surface area contributed by atoms with Gasteiger partial charge in [0.1, 0.15) is 17.7 Å². The molecule has 1 fully saturated rings. The first-order valence-corrected chi connectivity index (χ1v) is 11.6. The number of benzene rings is 1. The molecular weight excluding hydrogens is 535 g/mol. The molecule has 3 heterocycles. The topological polar surface area (TPSA) is 94.7 Å². The lowest BCUT2D eigenvalue weighted by Gasteiger charge is -2.18. The minimum absolute atomic E-state index is 0. The Labute approximate surface area is 212 Å². The highest BCUT2D eigenvalue weighted by Gasteiger charge is 2.19. The predicted molar refractivity (Wildman–Crippen MR) is 139 cm³/mol. The maximum Gasteiger partial charge on any atom is 0.345 e. The molecule has 10 heteroatoms. The van der Waals surface area contributed by atoms with Crippen molar-refractivity contribution >= 4 is 29.9 Å². The van der Waals surface area contributed by atoms with Gasteiger partial charge in [0.2, 0.25) is 0 Å². The van der Waals surface area contributed by atoms with Crippen molar-refractivity contribution in [2.24, 2.45) is 4.99 Å². The van der Waals surface area contributed by atoms with Gasteiger partial charge in [-0.15, -0.1) is 24.0 Å². The molecule has 1 aromatic carbocycles. The van der Waals surface area contributed by atoms with Crippen molar-refractivity contribution in [1.82, 2.24) is 25.0 Å². The molecule has 2 aliphatic heterocycles. The Hall–Kier alpha value is -2.08. The Morgan fingerprint density at radius 1 is 1.33 bits per heavy atom. The number of hydrogen-bond acceptors (Lipinski definition) is 5. The summed E-state index contributed by atoms with van der Waals surface area (Å²) in [6.07, 6.45) is 4.90. The summed E-state index contributed by atoms with van der Waals surface area (Å²) in [6.45, 7) is 6.17. The zero-order valence-electron chi connectivity index (χ0n) is 19.5. The van der Waals surface area contributed by atoms with Crippen molar-refractivity contribution in [1.29, 1.82) is 0 Å². The average Bonchev–Trinajstić information content (AvgIpc) is 3.42. The number of aromatic nitrogens is 3. The van der Waals surface area contributed by atoms with Gasteiger partial charge in [0, 0.05) is 51.6 Å². The monoisotopic (exact) mass is 570 g/mol. The number of guanidine groups is 1. The van der Waals surface area contributed by atoms with Crippen LogP contribution in [0.2, 0.25) is 0 Å². The molecule has 1 unspecified atom stereocenters. The summed E-state index contributed by atoms with van der Waals surface area (Å²) >= 11 is 0. The third-order valence-corrected chi connectivity index (χ3v) is 5.94. The number of rotatable bonds is 8. The maximum absolute atomic E-state index is 12.4. The second kappa shape index (κ2) is 12.4. The van der Waals surface area contributed by atoms with Crippen LogP contribution in [0.3, 0.4) is 0 Å². The third-order valence-electron chi connectivity index (χ3n) is 5.94. The number of halogens is 1. The molecule has 33 heavy (non-hydrogen) atoms. The van der Waals surface area contributed by atoms with Crippen molar-refractivity contribution in [3.05, 3.63) is 45.6 Å². The van der Waals surface area contributed by atoms with Crippen LogP contribution in [0.25, 0.3) is 0 Å². The summed E-state index contributed by atoms with van der Waals surface area (Å²) in [6, 6.07) is 6.26. The molecule has 4 rings (SSSR count). The molecule has 2 aliphatic rings. The first-order valence-electron chi connectivity index (χ1n) is 11.6. The maximum atomic E-state index is 12.4. The zero-order chi connectivity index (χ0) is 22.3. The predicted octanol–water partition coefficient (Wildman–Crippen LogP) is 2.23. The van der Waals surface area contributed by atoms with Gasteiger partial charge in [-0.1, -0.05) is 12.1 Å². The van der Waals surface area contributed by atoms with E-state index >= 15 is 0 Å². The summed E-state index contributed by atoms with van der Waals surface area (Å²) < 4.78 is 15.0. The smallest absolute Gasteiger partial charge is 0.345 e. The van der Waals surface area contributed by atoms with E-state index < -0.39 is 0 Å². The van der Waals surface area contributed by atoms with Crippen molar-refractivity contribution < 1.29 is 9.47 Å². The van der Waals surface area contributed by atoms with E-state index in [4.69, 9.17) is 9.47 Å². The lowest BCUT2D eigenvalue weighted by molar-refractivity contribution is 0.140. The molecule has 182 valence electrons. The fraction of sp³-hybridized carbons (Fsp3) is 0.609. The van der Waals surface area contributed by atoms with Crippen LogP contribution in [0.5, 0.6) is 5.75 Å². The van der Waals surface area contributed by atoms with Crippen molar-refractivity contribution in [2.45, 2.75) is 64.8 Å². The van der Waals surface area contributed by atoms with E-state index in [1.165, 1.54) is 5.56 Å². The largest absolute Gasteiger partial charge is 0.488 e. The molecule has 1 atom stereocenters. The molecule has 0 aliphatic carbocycles. The first-order chi connectivity index (χ1) is 15.6. The van der Waals surface area contributed by atoms with E-state index in [0.29, 0.717) is 26.2 Å². The molecule has 0 saturated carbocycles. The molecule has 0 bridgehead atoms. The summed E-state index contributed by atoms with van der Waals surface area (Å²) in [7, 11) is 1.76.